The van der Waals surface area contributed by atoms with Crippen molar-refractivity contribution in [2.75, 3.05) is 25.2 Å². The molecule has 10 nitrogen and oxygen atoms in total. The number of fused-ring (bicyclic) bond motifs is 1. The van der Waals surface area contributed by atoms with Crippen LogP contribution in [0.3, 0.4) is 0 Å². The largest absolute Gasteiger partial charge is 0.507 e. The Morgan fingerprint density at radius 2 is 1.69 bits per heavy atom. The lowest BCUT2D eigenvalue weighted by Gasteiger charge is -2.24. The summed E-state index contributed by atoms with van der Waals surface area (Å²) in [4.78, 5) is 29.0. The zero-order valence-electron chi connectivity index (χ0n) is 26.6. The minimum absolute atomic E-state index is 0.106. The number of benzene rings is 4. The molecule has 1 atom stereocenters. The summed E-state index contributed by atoms with van der Waals surface area (Å²) in [6.07, 6.45) is 0. The molecule has 1 N–H and O–H groups in total. The highest BCUT2D eigenvalue weighted by molar-refractivity contribution is 8.00. The molecular formula is C37H31N3O7S2. The molecule has 0 aliphatic carbocycles. The maximum Gasteiger partial charge on any atom is 0.301 e. The van der Waals surface area contributed by atoms with Crippen LogP contribution in [0.15, 0.2) is 101 Å². The first-order valence-electron chi connectivity index (χ1n) is 15.5. The second kappa shape index (κ2) is 14.0. The van der Waals surface area contributed by atoms with Crippen molar-refractivity contribution in [1.29, 1.82) is 0 Å². The molecule has 1 fully saturated rings. The fraction of sp³-hybridized carbons (Fsp3) is 0.189. The van der Waals surface area contributed by atoms with E-state index >= 15 is 0 Å². The number of amides is 1. The molecule has 1 aromatic heterocycles. The number of anilines is 1. The van der Waals surface area contributed by atoms with Gasteiger partial charge in [-0.25, -0.2) is 0 Å². The molecule has 2 aliphatic heterocycles. The van der Waals surface area contributed by atoms with Crippen LogP contribution in [0.2, 0.25) is 0 Å². The molecule has 4 aromatic carbocycles. The van der Waals surface area contributed by atoms with E-state index in [1.165, 1.54) is 40.7 Å². The Kier molecular flexibility index (Phi) is 9.23. The first kappa shape index (κ1) is 32.2. The first-order chi connectivity index (χ1) is 23.9. The highest BCUT2D eigenvalue weighted by Crippen LogP contribution is 2.46. The smallest absolute Gasteiger partial charge is 0.301 e. The second-order valence-electron chi connectivity index (χ2n) is 11.3. The van der Waals surface area contributed by atoms with Gasteiger partial charge in [0.1, 0.15) is 25.6 Å². The number of methoxy groups -OCH3 is 1. The molecule has 49 heavy (non-hydrogen) atoms. The van der Waals surface area contributed by atoms with E-state index in [0.717, 1.165) is 11.1 Å². The lowest BCUT2D eigenvalue weighted by molar-refractivity contribution is -0.132. The quantitative estimate of drug-likeness (QED) is 0.0532. The molecule has 0 spiro atoms. The van der Waals surface area contributed by atoms with Crippen LogP contribution in [0.1, 0.15) is 33.9 Å². The molecule has 5 aromatic rings. The zero-order valence-corrected chi connectivity index (χ0v) is 28.3. The van der Waals surface area contributed by atoms with E-state index in [0.29, 0.717) is 64.0 Å². The Morgan fingerprint density at radius 3 is 2.47 bits per heavy atom. The van der Waals surface area contributed by atoms with Crippen molar-refractivity contribution in [2.24, 2.45) is 0 Å². The SMILES string of the molecule is COc1cc(C2/C(=C(\O)c3ccc4c(c3)OCCO4)C(=O)C(=O)N2c2nnc(SCc3ccc(C)cc3)s2)ccc1OCc1ccccc1. The molecule has 2 aliphatic rings. The number of aryl methyl sites for hydroxylation is 1. The Labute approximate surface area is 290 Å². The highest BCUT2D eigenvalue weighted by atomic mass is 32.2. The minimum atomic E-state index is -1.05. The lowest BCUT2D eigenvalue weighted by atomic mass is 9.95. The summed E-state index contributed by atoms with van der Waals surface area (Å²) in [5.41, 5.74) is 3.97. The summed E-state index contributed by atoms with van der Waals surface area (Å²) < 4.78 is 23.8. The van der Waals surface area contributed by atoms with Crippen LogP contribution in [0.5, 0.6) is 23.0 Å². The summed E-state index contributed by atoms with van der Waals surface area (Å²) in [5.74, 6) is 0.438. The predicted octanol–water partition coefficient (Wildman–Crippen LogP) is 7.12. The topological polar surface area (TPSA) is 120 Å². The number of hydrogen-bond donors (Lipinski definition) is 1. The number of Topliss-reactive ketones (excluding diaryl/α,β-unsaturated/α-hetero) is 1. The number of nitrogens with zero attached hydrogens (tertiary/aromatic N) is 3. The van der Waals surface area contributed by atoms with Gasteiger partial charge in [-0.3, -0.25) is 14.5 Å². The molecule has 3 heterocycles. The van der Waals surface area contributed by atoms with Gasteiger partial charge in [0.15, 0.2) is 27.3 Å². The molecule has 0 saturated carbocycles. The number of thioether (sulfide) groups is 1. The summed E-state index contributed by atoms with van der Waals surface area (Å²) in [7, 11) is 1.52. The van der Waals surface area contributed by atoms with Crippen LogP contribution < -0.4 is 23.8 Å². The van der Waals surface area contributed by atoms with Crippen molar-refractivity contribution in [3.8, 4) is 23.0 Å². The average Bonchev–Trinajstić information content (AvgIpc) is 3.71. The number of aliphatic hydroxyl groups excluding tert-OH is 1. The van der Waals surface area contributed by atoms with Gasteiger partial charge in [0, 0.05) is 11.3 Å². The van der Waals surface area contributed by atoms with E-state index in [1.807, 2.05) is 37.3 Å². The summed E-state index contributed by atoms with van der Waals surface area (Å²) in [6, 6.07) is 27.0. The normalized spacial score (nSPS) is 16.5. The number of carbonyl (C=O) groups excluding carboxylic acids is 2. The highest BCUT2D eigenvalue weighted by Gasteiger charge is 2.48. The van der Waals surface area contributed by atoms with Crippen molar-refractivity contribution in [3.05, 3.63) is 124 Å². The molecule has 248 valence electrons. The molecular weight excluding hydrogens is 663 g/mol. The van der Waals surface area contributed by atoms with Crippen molar-refractivity contribution in [3.63, 3.8) is 0 Å². The maximum absolute atomic E-state index is 13.8. The Bertz CT molecular complexity index is 2050. The summed E-state index contributed by atoms with van der Waals surface area (Å²) >= 11 is 2.69. The molecule has 0 radical (unpaired) electrons. The standard InChI is InChI=1S/C37H31N3O7S2/c1-22-8-10-24(11-9-22)21-48-37-39-38-36(49-37)40-32(25-12-14-27(29(18-25)44-2)47-20-23-6-4-3-5-7-23)31(34(42)35(40)43)33(41)26-13-15-28-30(19-26)46-17-16-45-28/h3-15,18-19,32,41H,16-17,20-21H2,1-2H3/b33-31+. The van der Waals surface area contributed by atoms with E-state index < -0.39 is 17.7 Å². The molecule has 1 saturated heterocycles. The van der Waals surface area contributed by atoms with Crippen LogP contribution in [-0.2, 0) is 21.9 Å². The van der Waals surface area contributed by atoms with E-state index in [-0.39, 0.29) is 16.5 Å². The van der Waals surface area contributed by atoms with Gasteiger partial charge in [0.05, 0.1) is 18.7 Å². The van der Waals surface area contributed by atoms with Gasteiger partial charge >= 0.3 is 5.91 Å². The van der Waals surface area contributed by atoms with Gasteiger partial charge in [0.25, 0.3) is 5.78 Å². The van der Waals surface area contributed by atoms with Crippen molar-refractivity contribution < 1.29 is 33.6 Å². The van der Waals surface area contributed by atoms with E-state index in [1.54, 1.807) is 36.4 Å². The predicted molar refractivity (Wildman–Crippen MR) is 187 cm³/mol. The third-order valence-electron chi connectivity index (χ3n) is 8.09. The summed E-state index contributed by atoms with van der Waals surface area (Å²) in [5, 5.41) is 20.6. The molecule has 1 amide bonds. The van der Waals surface area contributed by atoms with Gasteiger partial charge in [-0.05, 0) is 53.9 Å². The maximum atomic E-state index is 13.8. The van der Waals surface area contributed by atoms with Crippen molar-refractivity contribution in [1.82, 2.24) is 10.2 Å². The lowest BCUT2D eigenvalue weighted by Crippen LogP contribution is -2.29. The molecule has 0 bridgehead atoms. The molecule has 7 rings (SSSR count). The molecule has 12 heteroatoms. The van der Waals surface area contributed by atoms with Crippen LogP contribution >= 0.6 is 23.1 Å². The van der Waals surface area contributed by atoms with Crippen LogP contribution in [0.4, 0.5) is 5.13 Å². The van der Waals surface area contributed by atoms with E-state index in [4.69, 9.17) is 18.9 Å². The van der Waals surface area contributed by atoms with Gasteiger partial charge in [-0.1, -0.05) is 89.3 Å². The number of aliphatic hydroxyl groups is 1. The minimum Gasteiger partial charge on any atom is -0.507 e. The number of ether oxygens (including phenoxy) is 4. The Hall–Kier alpha value is -5.33. The van der Waals surface area contributed by atoms with Crippen LogP contribution in [0, 0.1) is 6.92 Å². The zero-order chi connectivity index (χ0) is 33.9. The van der Waals surface area contributed by atoms with E-state index in [9.17, 15) is 14.7 Å². The number of rotatable bonds is 10. The average molecular weight is 694 g/mol. The van der Waals surface area contributed by atoms with Gasteiger partial charge in [0.2, 0.25) is 5.13 Å². The van der Waals surface area contributed by atoms with Crippen LogP contribution in [0.25, 0.3) is 5.76 Å². The monoisotopic (exact) mass is 693 g/mol. The number of hydrogen-bond acceptors (Lipinski definition) is 11. The fourth-order valence-corrected chi connectivity index (χ4v) is 7.41. The van der Waals surface area contributed by atoms with Crippen LogP contribution in [-0.4, -0.2) is 47.3 Å². The number of ketones is 1. The van der Waals surface area contributed by atoms with Gasteiger partial charge < -0.3 is 24.1 Å². The second-order valence-corrected chi connectivity index (χ2v) is 13.5. The number of aromatic nitrogens is 2. The summed E-state index contributed by atoms with van der Waals surface area (Å²) in [6.45, 7) is 3.10. The Morgan fingerprint density at radius 1 is 0.918 bits per heavy atom. The third-order valence-corrected chi connectivity index (χ3v) is 10.2. The fourth-order valence-electron chi connectivity index (χ4n) is 5.59. The third kappa shape index (κ3) is 6.70. The van der Waals surface area contributed by atoms with Gasteiger partial charge in [-0.2, -0.15) is 0 Å². The molecule has 1 unspecified atom stereocenters. The Balaban J connectivity index is 1.26. The van der Waals surface area contributed by atoms with Crippen molar-refractivity contribution in [2.45, 2.75) is 29.7 Å². The number of carbonyl (C=O) groups is 2. The van der Waals surface area contributed by atoms with Crippen molar-refractivity contribution >= 4 is 45.7 Å². The first-order valence-corrected chi connectivity index (χ1v) is 17.3. The van der Waals surface area contributed by atoms with Gasteiger partial charge in [-0.15, -0.1) is 10.2 Å². The van der Waals surface area contributed by atoms with E-state index in [2.05, 4.69) is 34.5 Å².